The van der Waals surface area contributed by atoms with E-state index in [-0.39, 0.29) is 24.1 Å². The van der Waals surface area contributed by atoms with Gasteiger partial charge in [0.25, 0.3) is 5.56 Å². The molecule has 7 nitrogen and oxygen atoms in total. The zero-order chi connectivity index (χ0) is 17.3. The monoisotopic (exact) mass is 389 g/mol. The lowest BCUT2D eigenvalue weighted by molar-refractivity contribution is -0.122. The zero-order valence-electron chi connectivity index (χ0n) is 13.2. The molecule has 1 N–H and O–H groups in total. The predicted molar refractivity (Wildman–Crippen MR) is 93.5 cm³/mol. The Hall–Kier alpha value is -2.48. The first-order valence-corrected chi connectivity index (χ1v) is 8.17. The molecule has 1 amide bonds. The van der Waals surface area contributed by atoms with Crippen molar-refractivity contribution in [3.63, 3.8) is 0 Å². The SMILES string of the molecule is C[C@H](NC(=O)Cn1cnc2c(cnn2C)c1=O)c1ccccc1Br. The van der Waals surface area contributed by atoms with E-state index in [1.807, 2.05) is 31.2 Å². The highest BCUT2D eigenvalue weighted by Gasteiger charge is 2.14. The molecule has 124 valence electrons. The first-order valence-electron chi connectivity index (χ1n) is 7.38. The minimum Gasteiger partial charge on any atom is -0.348 e. The van der Waals surface area contributed by atoms with Crippen LogP contribution in [-0.2, 0) is 18.4 Å². The Labute approximate surface area is 146 Å². The summed E-state index contributed by atoms with van der Waals surface area (Å²) in [4.78, 5) is 28.8. The molecule has 2 heterocycles. The Kier molecular flexibility index (Phi) is 4.48. The highest BCUT2D eigenvalue weighted by atomic mass is 79.9. The van der Waals surface area contributed by atoms with Crippen LogP contribution in [0.25, 0.3) is 11.0 Å². The molecule has 2 aromatic heterocycles. The number of benzene rings is 1. The number of aryl methyl sites for hydroxylation is 1. The lowest BCUT2D eigenvalue weighted by Crippen LogP contribution is -2.34. The number of carbonyl (C=O) groups is 1. The van der Waals surface area contributed by atoms with E-state index >= 15 is 0 Å². The van der Waals surface area contributed by atoms with Crippen LogP contribution in [0.5, 0.6) is 0 Å². The third-order valence-corrected chi connectivity index (χ3v) is 4.50. The van der Waals surface area contributed by atoms with Gasteiger partial charge in [-0.2, -0.15) is 5.10 Å². The van der Waals surface area contributed by atoms with Crippen LogP contribution in [-0.4, -0.2) is 25.2 Å². The number of hydrogen-bond donors (Lipinski definition) is 1. The van der Waals surface area contributed by atoms with Crippen LogP contribution in [0.4, 0.5) is 0 Å². The summed E-state index contributed by atoms with van der Waals surface area (Å²) in [6, 6.07) is 7.50. The maximum atomic E-state index is 12.4. The van der Waals surface area contributed by atoms with Gasteiger partial charge in [0, 0.05) is 11.5 Å². The topological polar surface area (TPSA) is 81.8 Å². The van der Waals surface area contributed by atoms with E-state index < -0.39 is 0 Å². The van der Waals surface area contributed by atoms with Crippen LogP contribution >= 0.6 is 15.9 Å². The number of aromatic nitrogens is 4. The average molecular weight is 390 g/mol. The second kappa shape index (κ2) is 6.56. The molecule has 24 heavy (non-hydrogen) atoms. The molecule has 0 saturated heterocycles. The summed E-state index contributed by atoms with van der Waals surface area (Å²) in [7, 11) is 1.71. The Bertz CT molecular complexity index is 963. The van der Waals surface area contributed by atoms with Crippen LogP contribution in [0.2, 0.25) is 0 Å². The summed E-state index contributed by atoms with van der Waals surface area (Å²) in [6.07, 6.45) is 2.83. The number of amides is 1. The van der Waals surface area contributed by atoms with Crippen molar-refractivity contribution in [3.8, 4) is 0 Å². The zero-order valence-corrected chi connectivity index (χ0v) is 14.8. The predicted octanol–water partition coefficient (Wildman–Crippen LogP) is 1.77. The van der Waals surface area contributed by atoms with E-state index in [1.54, 1.807) is 7.05 Å². The molecule has 3 rings (SSSR count). The lowest BCUT2D eigenvalue weighted by atomic mass is 10.1. The van der Waals surface area contributed by atoms with Gasteiger partial charge >= 0.3 is 0 Å². The highest BCUT2D eigenvalue weighted by Crippen LogP contribution is 2.22. The lowest BCUT2D eigenvalue weighted by Gasteiger charge is -2.16. The molecule has 0 radical (unpaired) electrons. The van der Waals surface area contributed by atoms with Crippen molar-refractivity contribution in [1.29, 1.82) is 0 Å². The van der Waals surface area contributed by atoms with Gasteiger partial charge in [-0.3, -0.25) is 18.8 Å². The summed E-state index contributed by atoms with van der Waals surface area (Å²) in [6.45, 7) is 1.80. The third kappa shape index (κ3) is 3.09. The van der Waals surface area contributed by atoms with E-state index in [4.69, 9.17) is 0 Å². The summed E-state index contributed by atoms with van der Waals surface area (Å²) in [5.74, 6) is -0.259. The van der Waals surface area contributed by atoms with Gasteiger partial charge in [-0.1, -0.05) is 34.1 Å². The van der Waals surface area contributed by atoms with Crippen LogP contribution in [0.15, 0.2) is 46.1 Å². The van der Waals surface area contributed by atoms with Gasteiger partial charge in [-0.25, -0.2) is 4.98 Å². The molecular formula is C16H16BrN5O2. The van der Waals surface area contributed by atoms with Gasteiger partial charge in [0.15, 0.2) is 5.65 Å². The summed E-state index contributed by atoms with van der Waals surface area (Å²) in [5, 5.41) is 7.29. The quantitative estimate of drug-likeness (QED) is 0.736. The Morgan fingerprint density at radius 3 is 2.88 bits per heavy atom. The maximum Gasteiger partial charge on any atom is 0.264 e. The van der Waals surface area contributed by atoms with Gasteiger partial charge in [-0.15, -0.1) is 0 Å². The Morgan fingerprint density at radius 1 is 1.38 bits per heavy atom. The number of rotatable bonds is 4. The van der Waals surface area contributed by atoms with Crippen LogP contribution < -0.4 is 10.9 Å². The van der Waals surface area contributed by atoms with Crippen molar-refractivity contribution in [2.45, 2.75) is 19.5 Å². The molecule has 0 unspecified atom stereocenters. The number of fused-ring (bicyclic) bond motifs is 1. The van der Waals surface area contributed by atoms with Gasteiger partial charge in [0.1, 0.15) is 18.3 Å². The largest absolute Gasteiger partial charge is 0.348 e. The molecule has 0 saturated carbocycles. The minimum absolute atomic E-state index is 0.0918. The van der Waals surface area contributed by atoms with Gasteiger partial charge in [-0.05, 0) is 18.6 Å². The fourth-order valence-electron chi connectivity index (χ4n) is 2.53. The number of nitrogens with one attached hydrogen (secondary N) is 1. The van der Waals surface area contributed by atoms with E-state index in [2.05, 4.69) is 31.3 Å². The van der Waals surface area contributed by atoms with E-state index in [0.717, 1.165) is 10.0 Å². The van der Waals surface area contributed by atoms with Crippen molar-refractivity contribution >= 4 is 32.9 Å². The number of carbonyl (C=O) groups excluding carboxylic acids is 1. The molecule has 8 heteroatoms. The van der Waals surface area contributed by atoms with Gasteiger partial charge in [0.05, 0.1) is 12.2 Å². The number of halogens is 1. The summed E-state index contributed by atoms with van der Waals surface area (Å²) >= 11 is 3.47. The fourth-order valence-corrected chi connectivity index (χ4v) is 3.15. The molecule has 0 fully saturated rings. The smallest absolute Gasteiger partial charge is 0.264 e. The molecule has 1 atom stereocenters. The third-order valence-electron chi connectivity index (χ3n) is 3.78. The highest BCUT2D eigenvalue weighted by molar-refractivity contribution is 9.10. The Balaban J connectivity index is 1.77. The van der Waals surface area contributed by atoms with E-state index in [1.165, 1.54) is 21.8 Å². The van der Waals surface area contributed by atoms with E-state index in [9.17, 15) is 9.59 Å². The molecule has 0 aliphatic heterocycles. The van der Waals surface area contributed by atoms with E-state index in [0.29, 0.717) is 11.0 Å². The molecule has 0 spiro atoms. The van der Waals surface area contributed by atoms with Crippen LogP contribution in [0.3, 0.4) is 0 Å². The van der Waals surface area contributed by atoms with Crippen molar-refractivity contribution < 1.29 is 4.79 Å². The first-order chi connectivity index (χ1) is 11.5. The molecule has 1 aromatic carbocycles. The molecule has 0 aliphatic rings. The number of hydrogen-bond acceptors (Lipinski definition) is 4. The number of nitrogens with zero attached hydrogens (tertiary/aromatic N) is 4. The van der Waals surface area contributed by atoms with Crippen LogP contribution in [0, 0.1) is 0 Å². The fraction of sp³-hybridized carbons (Fsp3) is 0.250. The molecule has 3 aromatic rings. The molecular weight excluding hydrogens is 374 g/mol. The molecule has 0 aliphatic carbocycles. The molecule has 0 bridgehead atoms. The van der Waals surface area contributed by atoms with Gasteiger partial charge in [0.2, 0.25) is 5.91 Å². The summed E-state index contributed by atoms with van der Waals surface area (Å²) < 4.78 is 3.73. The average Bonchev–Trinajstić information content (AvgIpc) is 2.92. The first kappa shape index (κ1) is 16.4. The van der Waals surface area contributed by atoms with Crippen molar-refractivity contribution in [1.82, 2.24) is 24.6 Å². The van der Waals surface area contributed by atoms with Crippen molar-refractivity contribution in [3.05, 3.63) is 57.2 Å². The standard InChI is InChI=1S/C16H16BrN5O2/c1-10(11-5-3-4-6-13(11)17)20-14(23)8-22-9-18-15-12(16(22)24)7-19-21(15)2/h3-7,9-10H,8H2,1-2H3,(H,20,23)/t10-/m0/s1. The van der Waals surface area contributed by atoms with Crippen molar-refractivity contribution in [2.75, 3.05) is 0 Å². The van der Waals surface area contributed by atoms with Gasteiger partial charge < -0.3 is 5.32 Å². The second-order valence-corrected chi connectivity index (χ2v) is 6.35. The Morgan fingerprint density at radius 2 is 2.12 bits per heavy atom. The van der Waals surface area contributed by atoms with Crippen molar-refractivity contribution in [2.24, 2.45) is 7.05 Å². The second-order valence-electron chi connectivity index (χ2n) is 5.49. The van der Waals surface area contributed by atoms with Crippen LogP contribution in [0.1, 0.15) is 18.5 Å². The summed E-state index contributed by atoms with van der Waals surface area (Å²) in [5.41, 5.74) is 1.19. The normalized spacial score (nSPS) is 12.3. The minimum atomic E-state index is -0.281. The maximum absolute atomic E-state index is 12.4.